The van der Waals surface area contributed by atoms with E-state index in [0.717, 1.165) is 23.5 Å². The molecule has 0 saturated carbocycles. The van der Waals surface area contributed by atoms with Gasteiger partial charge in [0, 0.05) is 42.4 Å². The molecule has 10 heterocycles. The standard InChI is InChI=1S/C16H18N6.C15H16N6.C14H13FN6O.C14H14N6O.C13H11FN6/c1-11(2)12-6-8-13(9-7-12)19-16-20-15(17)22(21-16)14-5-3-4-10-18-14;1-2-11-7-3-4-8-12(11)18-15-19-14(16)21(20-15)13-9-5-6-10-17-13;1-22-12-9(15)5-4-6-10(12)18-14-19-13(16)21(20-14)11-7-2-3-8-17-11;1-21-11-7-3-2-6-10(11)17-14-18-13(15)20(19-14)12-8-4-5-9-16-12;14-9-5-1-2-6-10(9)17-13-18-12(15)20(19-13)11-7-3-4-8-16-11/h3-11H,1-2H3,(H3,17,19,20,21);3-10H,2H2,1H3,(H3,16,18,19,20);2-8H,1H3,(H3,16,18,19,20);2-9H,1H3,(H3,15,17,18,19);1-8H,(H3,15,17,18,19). The predicted octanol–water partition coefficient (Wildman–Crippen LogP) is 11.9. The number of aromatic nitrogens is 20. The number of anilines is 15. The van der Waals surface area contributed by atoms with Crippen molar-refractivity contribution in [2.45, 2.75) is 33.1 Å². The average molecular weight is 1430 g/mol. The smallest absolute Gasteiger partial charge is 0.249 e. The lowest BCUT2D eigenvalue weighted by Gasteiger charge is -2.08. The van der Waals surface area contributed by atoms with Crippen molar-refractivity contribution in [1.29, 1.82) is 0 Å². The number of nitrogen functional groups attached to an aromatic ring is 5. The Kier molecular flexibility index (Phi) is 23.8. The predicted molar refractivity (Wildman–Crippen MR) is 403 cm³/mol. The Bertz CT molecular complexity index is 5130. The monoisotopic (exact) mass is 1430 g/mol. The van der Waals surface area contributed by atoms with Gasteiger partial charge in [-0.05, 0) is 139 Å². The van der Waals surface area contributed by atoms with Crippen LogP contribution in [0.4, 0.5) is 96.7 Å². The fraction of sp³-hybridized carbons (Fsp3) is 0.0972. The zero-order chi connectivity index (χ0) is 74.3. The highest BCUT2D eigenvalue weighted by Crippen LogP contribution is 2.31. The van der Waals surface area contributed by atoms with Crippen LogP contribution >= 0.6 is 0 Å². The molecular weight excluding hydrogens is 1350 g/mol. The van der Waals surface area contributed by atoms with Crippen LogP contribution in [0.3, 0.4) is 0 Å². The van der Waals surface area contributed by atoms with Crippen molar-refractivity contribution in [1.82, 2.24) is 98.7 Å². The fourth-order valence-corrected chi connectivity index (χ4v) is 9.76. The van der Waals surface area contributed by atoms with E-state index in [1.807, 2.05) is 115 Å². The number of hydrogen-bond acceptors (Lipinski definition) is 27. The molecule has 34 heteroatoms. The molecule has 0 amide bonds. The van der Waals surface area contributed by atoms with Crippen molar-refractivity contribution in [3.63, 3.8) is 0 Å². The fourth-order valence-electron chi connectivity index (χ4n) is 9.76. The van der Waals surface area contributed by atoms with Crippen molar-refractivity contribution in [3.05, 3.63) is 260 Å². The first-order valence-electron chi connectivity index (χ1n) is 32.5. The van der Waals surface area contributed by atoms with Gasteiger partial charge in [0.15, 0.2) is 40.7 Å². The molecule has 0 bridgehead atoms. The lowest BCUT2D eigenvalue weighted by molar-refractivity contribution is 0.388. The topological polar surface area (TPSA) is 427 Å². The van der Waals surface area contributed by atoms with Crippen LogP contribution in [0.25, 0.3) is 29.1 Å². The van der Waals surface area contributed by atoms with Gasteiger partial charge in [-0.2, -0.15) is 48.3 Å². The maximum atomic E-state index is 13.7. The molecule has 0 radical (unpaired) electrons. The highest BCUT2D eigenvalue weighted by atomic mass is 19.1. The van der Waals surface area contributed by atoms with Crippen LogP contribution in [0.5, 0.6) is 11.5 Å². The van der Waals surface area contributed by atoms with Crippen molar-refractivity contribution in [2.75, 3.05) is 69.5 Å². The van der Waals surface area contributed by atoms with Gasteiger partial charge in [0.2, 0.25) is 59.5 Å². The van der Waals surface area contributed by atoms with E-state index in [9.17, 15) is 8.78 Å². The average Bonchev–Trinajstić information content (AvgIpc) is 1.64. The number of hydrogen-bond donors (Lipinski definition) is 10. The Hall–Kier alpha value is -15.0. The summed E-state index contributed by atoms with van der Waals surface area (Å²) in [6.45, 7) is 6.44. The molecule has 10 aromatic heterocycles. The van der Waals surface area contributed by atoms with E-state index in [2.05, 4.69) is 141 Å². The van der Waals surface area contributed by atoms with Crippen LogP contribution in [0.2, 0.25) is 0 Å². The lowest BCUT2D eigenvalue weighted by Crippen LogP contribution is -2.04. The zero-order valence-corrected chi connectivity index (χ0v) is 57.7. The minimum absolute atomic E-state index is 0.0789. The van der Waals surface area contributed by atoms with Crippen molar-refractivity contribution >= 4 is 87.9 Å². The molecule has 0 spiro atoms. The Morgan fingerprint density at radius 1 is 0.349 bits per heavy atom. The highest BCUT2D eigenvalue weighted by Gasteiger charge is 2.18. The van der Waals surface area contributed by atoms with Crippen molar-refractivity contribution < 1.29 is 18.3 Å². The van der Waals surface area contributed by atoms with Crippen LogP contribution in [-0.4, -0.2) is 113 Å². The Morgan fingerprint density at radius 2 is 0.679 bits per heavy atom. The number of nitrogens with two attached hydrogens (primary N) is 5. The first-order chi connectivity index (χ1) is 51.6. The molecule has 0 unspecified atom stereocenters. The molecule has 0 saturated heterocycles. The lowest BCUT2D eigenvalue weighted by atomic mass is 10.0. The Balaban J connectivity index is 0.000000132. The van der Waals surface area contributed by atoms with Crippen LogP contribution in [0, 0.1) is 11.6 Å². The first kappa shape index (κ1) is 72.3. The summed E-state index contributed by atoms with van der Waals surface area (Å²) in [4.78, 5) is 41.7. The number of nitrogens with one attached hydrogen (secondary N) is 5. The molecule has 32 nitrogen and oxygen atoms in total. The minimum atomic E-state index is -0.482. The second-order valence-corrected chi connectivity index (χ2v) is 22.4. The summed E-state index contributed by atoms with van der Waals surface area (Å²) >= 11 is 0. The van der Waals surface area contributed by atoms with Gasteiger partial charge in [0.25, 0.3) is 0 Å². The van der Waals surface area contributed by atoms with E-state index >= 15 is 0 Å². The maximum Gasteiger partial charge on any atom is 0.249 e. The van der Waals surface area contributed by atoms with Crippen LogP contribution in [0.15, 0.2) is 237 Å². The van der Waals surface area contributed by atoms with Crippen LogP contribution in [-0.2, 0) is 6.42 Å². The number of methoxy groups -OCH3 is 2. The number of ether oxygens (including phenoxy) is 2. The molecule has 106 heavy (non-hydrogen) atoms. The molecule has 15 rings (SSSR count). The van der Waals surface area contributed by atoms with E-state index < -0.39 is 5.82 Å². The van der Waals surface area contributed by atoms with Gasteiger partial charge < -0.3 is 64.7 Å². The summed E-state index contributed by atoms with van der Waals surface area (Å²) < 4.78 is 44.7. The normalized spacial score (nSPS) is 10.5. The van der Waals surface area contributed by atoms with Gasteiger partial charge in [0.05, 0.1) is 31.3 Å². The number of nitrogens with zero attached hydrogens (tertiary/aromatic N) is 20. The van der Waals surface area contributed by atoms with E-state index in [4.69, 9.17) is 38.1 Å². The second kappa shape index (κ2) is 34.9. The molecule has 536 valence electrons. The molecule has 0 fully saturated rings. The van der Waals surface area contributed by atoms with Gasteiger partial charge in [-0.25, -0.2) is 33.7 Å². The number of halogens is 2. The number of aryl methyl sites for hydroxylation is 1. The van der Waals surface area contributed by atoms with E-state index in [0.29, 0.717) is 76.2 Å². The quantitative estimate of drug-likeness (QED) is 0.0359. The van der Waals surface area contributed by atoms with Crippen molar-refractivity contribution in [2.24, 2.45) is 0 Å². The van der Waals surface area contributed by atoms with Gasteiger partial charge >= 0.3 is 0 Å². The van der Waals surface area contributed by atoms with Crippen molar-refractivity contribution in [3.8, 4) is 40.6 Å². The minimum Gasteiger partial charge on any atom is -0.495 e. The van der Waals surface area contributed by atoms with E-state index in [1.54, 1.807) is 98.8 Å². The van der Waals surface area contributed by atoms with Gasteiger partial charge in [-0.15, -0.1) is 25.5 Å². The molecule has 5 aromatic carbocycles. The number of pyridine rings is 5. The van der Waals surface area contributed by atoms with Gasteiger partial charge in [-0.3, -0.25) is 0 Å². The third kappa shape index (κ3) is 18.7. The SMILES string of the molecule is CC(C)c1ccc(Nc2nc(N)n(-c3ccccn3)n2)cc1.CCc1ccccc1Nc1nc(N)n(-c2ccccn2)n1.COc1c(F)cccc1Nc1nc(N)n(-c2ccccn2)n1.COc1ccccc1Nc1nc(N)n(-c2ccccn2)n1.Nc1nc(Nc2ccccc2F)nn1-c1ccccn1. The molecule has 15 N–H and O–H groups in total. The van der Waals surface area contributed by atoms with Crippen LogP contribution in [0.1, 0.15) is 37.8 Å². The number of para-hydroxylation sites is 5. The molecule has 0 aliphatic heterocycles. The molecule has 0 aliphatic rings. The summed E-state index contributed by atoms with van der Waals surface area (Å²) in [6.07, 6.45) is 9.23. The summed E-state index contributed by atoms with van der Waals surface area (Å²) in [7, 11) is 2.99. The third-order valence-electron chi connectivity index (χ3n) is 14.9. The van der Waals surface area contributed by atoms with Crippen LogP contribution < -0.4 is 64.7 Å². The van der Waals surface area contributed by atoms with E-state index in [1.165, 1.54) is 53.8 Å². The van der Waals surface area contributed by atoms with Gasteiger partial charge in [0.1, 0.15) is 11.6 Å². The molecule has 0 atom stereocenters. The molecular formula is C72H72F2N30O2. The van der Waals surface area contributed by atoms with E-state index in [-0.39, 0.29) is 47.0 Å². The largest absolute Gasteiger partial charge is 0.495 e. The first-order valence-corrected chi connectivity index (χ1v) is 32.5. The zero-order valence-electron chi connectivity index (χ0n) is 57.7. The summed E-state index contributed by atoms with van der Waals surface area (Å²) in [5, 5.41) is 36.5. The second-order valence-electron chi connectivity index (χ2n) is 22.4. The Morgan fingerprint density at radius 3 is 1.06 bits per heavy atom. The summed E-state index contributed by atoms with van der Waals surface area (Å²) in [5.74, 6) is 6.25. The number of rotatable bonds is 19. The highest BCUT2D eigenvalue weighted by molar-refractivity contribution is 5.65. The number of benzene rings is 5. The molecule has 15 aromatic rings. The Labute approximate surface area is 605 Å². The molecule has 0 aliphatic carbocycles. The summed E-state index contributed by atoms with van der Waals surface area (Å²) in [6, 6.07) is 61.8. The summed E-state index contributed by atoms with van der Waals surface area (Å²) in [5.41, 5.74) is 35.1. The third-order valence-corrected chi connectivity index (χ3v) is 14.9. The van der Waals surface area contributed by atoms with Gasteiger partial charge in [-0.1, -0.05) is 112 Å². The maximum absolute atomic E-state index is 13.7.